The summed E-state index contributed by atoms with van der Waals surface area (Å²) < 4.78 is 0. The van der Waals surface area contributed by atoms with Crippen LogP contribution in [-0.4, -0.2) is 9.97 Å². The number of aromatic nitrogens is 2. The normalized spacial score (nSPS) is 10.4. The van der Waals surface area contributed by atoms with Crippen LogP contribution < -0.4 is 11.3 Å². The third-order valence-corrected chi connectivity index (χ3v) is 2.50. The van der Waals surface area contributed by atoms with Crippen LogP contribution in [0.4, 0.5) is 5.69 Å². The first-order valence-corrected chi connectivity index (χ1v) is 5.07. The molecule has 2 rings (SSSR count). The van der Waals surface area contributed by atoms with Gasteiger partial charge in [-0.1, -0.05) is 17.7 Å². The number of benzene rings is 1. The Kier molecular flexibility index (Phi) is 2.66. The first kappa shape index (κ1) is 10.7. The number of halogens is 1. The lowest BCUT2D eigenvalue weighted by Gasteiger charge is -2.04. The van der Waals surface area contributed by atoms with Gasteiger partial charge >= 0.3 is 0 Å². The molecule has 0 amide bonds. The van der Waals surface area contributed by atoms with Gasteiger partial charge in [0.25, 0.3) is 5.56 Å². The van der Waals surface area contributed by atoms with Gasteiger partial charge in [-0.25, -0.2) is 4.98 Å². The van der Waals surface area contributed by atoms with Crippen molar-refractivity contribution in [3.8, 4) is 11.3 Å². The number of aromatic amines is 1. The van der Waals surface area contributed by atoms with Crippen molar-refractivity contribution < 1.29 is 0 Å². The zero-order valence-electron chi connectivity index (χ0n) is 8.62. The quantitative estimate of drug-likeness (QED) is 0.743. The molecule has 0 aliphatic carbocycles. The molecule has 0 saturated carbocycles. The maximum absolute atomic E-state index is 11.3. The molecule has 0 radical (unpaired) electrons. The monoisotopic (exact) mass is 235 g/mol. The predicted octanol–water partition coefficient (Wildman–Crippen LogP) is 1.98. The van der Waals surface area contributed by atoms with Gasteiger partial charge in [-0.2, -0.15) is 0 Å². The average molecular weight is 236 g/mol. The summed E-state index contributed by atoms with van der Waals surface area (Å²) in [7, 11) is 0. The number of nitrogens with two attached hydrogens (primary N) is 1. The molecule has 0 aliphatic rings. The molecule has 0 aliphatic heterocycles. The van der Waals surface area contributed by atoms with Crippen LogP contribution in [0.1, 0.15) is 5.82 Å². The number of nitrogens with zero attached hydrogens (tertiary/aromatic N) is 1. The highest BCUT2D eigenvalue weighted by Gasteiger charge is 2.04. The Morgan fingerprint density at radius 3 is 2.75 bits per heavy atom. The molecular weight excluding hydrogens is 226 g/mol. The standard InChI is InChI=1S/C11H10ClN3O/c1-6-14-10(5-11(16)15-6)7-2-3-8(12)9(13)4-7/h2-5H,13H2,1H3,(H,14,15,16). The van der Waals surface area contributed by atoms with E-state index in [0.29, 0.717) is 22.2 Å². The zero-order valence-corrected chi connectivity index (χ0v) is 9.38. The van der Waals surface area contributed by atoms with Gasteiger partial charge < -0.3 is 10.7 Å². The molecule has 4 nitrogen and oxygen atoms in total. The van der Waals surface area contributed by atoms with Crippen LogP contribution in [0.15, 0.2) is 29.1 Å². The van der Waals surface area contributed by atoms with Crippen LogP contribution in [0.2, 0.25) is 5.02 Å². The molecule has 0 unspecified atom stereocenters. The lowest BCUT2D eigenvalue weighted by molar-refractivity contribution is 1.02. The van der Waals surface area contributed by atoms with Gasteiger partial charge in [0.15, 0.2) is 0 Å². The van der Waals surface area contributed by atoms with Crippen LogP contribution in [-0.2, 0) is 0 Å². The number of H-pyrrole nitrogens is 1. The van der Waals surface area contributed by atoms with Gasteiger partial charge in [-0.3, -0.25) is 4.79 Å². The summed E-state index contributed by atoms with van der Waals surface area (Å²) >= 11 is 5.82. The topological polar surface area (TPSA) is 71.8 Å². The summed E-state index contributed by atoms with van der Waals surface area (Å²) in [5, 5.41) is 0.491. The molecule has 0 saturated heterocycles. The van der Waals surface area contributed by atoms with Gasteiger partial charge in [0.05, 0.1) is 16.4 Å². The Bertz CT molecular complexity index is 592. The van der Waals surface area contributed by atoms with Crippen molar-refractivity contribution in [3.05, 3.63) is 45.5 Å². The van der Waals surface area contributed by atoms with Crippen molar-refractivity contribution in [2.24, 2.45) is 0 Å². The van der Waals surface area contributed by atoms with E-state index in [1.54, 1.807) is 25.1 Å². The first-order valence-electron chi connectivity index (χ1n) is 4.69. The number of rotatable bonds is 1. The van der Waals surface area contributed by atoms with E-state index in [9.17, 15) is 4.79 Å². The van der Waals surface area contributed by atoms with Crippen LogP contribution >= 0.6 is 11.6 Å². The SMILES string of the molecule is Cc1nc(-c2ccc(Cl)c(N)c2)cc(=O)[nH]1. The van der Waals surface area contributed by atoms with Crippen molar-refractivity contribution >= 4 is 17.3 Å². The van der Waals surface area contributed by atoms with Crippen molar-refractivity contribution in [1.29, 1.82) is 0 Å². The highest BCUT2D eigenvalue weighted by Crippen LogP contribution is 2.24. The van der Waals surface area contributed by atoms with E-state index in [4.69, 9.17) is 17.3 Å². The smallest absolute Gasteiger partial charge is 0.251 e. The molecule has 0 atom stereocenters. The number of nitrogen functional groups attached to an aromatic ring is 1. The first-order chi connectivity index (χ1) is 7.56. The minimum atomic E-state index is -0.184. The number of aryl methyl sites for hydroxylation is 1. The Balaban J connectivity index is 2.58. The van der Waals surface area contributed by atoms with Crippen LogP contribution in [0, 0.1) is 6.92 Å². The van der Waals surface area contributed by atoms with Crippen LogP contribution in [0.25, 0.3) is 11.3 Å². The van der Waals surface area contributed by atoms with E-state index < -0.39 is 0 Å². The van der Waals surface area contributed by atoms with Crippen molar-refractivity contribution in [2.75, 3.05) is 5.73 Å². The number of hydrogen-bond acceptors (Lipinski definition) is 3. The van der Waals surface area contributed by atoms with Crippen molar-refractivity contribution in [2.45, 2.75) is 6.92 Å². The molecule has 1 aromatic carbocycles. The van der Waals surface area contributed by atoms with E-state index in [1.807, 2.05) is 0 Å². The van der Waals surface area contributed by atoms with E-state index in [-0.39, 0.29) is 5.56 Å². The summed E-state index contributed by atoms with van der Waals surface area (Å²) in [4.78, 5) is 18.1. The third kappa shape index (κ3) is 2.06. The molecular formula is C11H10ClN3O. The maximum atomic E-state index is 11.3. The minimum Gasteiger partial charge on any atom is -0.398 e. The summed E-state index contributed by atoms with van der Waals surface area (Å²) in [5.41, 5.74) is 7.34. The average Bonchev–Trinajstić information content (AvgIpc) is 2.20. The summed E-state index contributed by atoms with van der Waals surface area (Å²) in [6.07, 6.45) is 0. The number of hydrogen-bond donors (Lipinski definition) is 2. The van der Waals surface area contributed by atoms with E-state index >= 15 is 0 Å². The maximum Gasteiger partial charge on any atom is 0.251 e. The molecule has 0 fully saturated rings. The molecule has 3 N–H and O–H groups in total. The molecule has 2 aromatic rings. The van der Waals surface area contributed by atoms with Crippen molar-refractivity contribution in [1.82, 2.24) is 9.97 Å². The van der Waals surface area contributed by atoms with Gasteiger partial charge in [0.2, 0.25) is 0 Å². The second-order valence-electron chi connectivity index (χ2n) is 3.45. The molecule has 1 heterocycles. The Hall–Kier alpha value is -1.81. The molecule has 82 valence electrons. The molecule has 1 aromatic heterocycles. The predicted molar refractivity (Wildman–Crippen MR) is 64.5 cm³/mol. The highest BCUT2D eigenvalue weighted by molar-refractivity contribution is 6.33. The zero-order chi connectivity index (χ0) is 11.7. The fourth-order valence-electron chi connectivity index (χ4n) is 1.43. The number of anilines is 1. The van der Waals surface area contributed by atoms with Crippen LogP contribution in [0.5, 0.6) is 0 Å². The largest absolute Gasteiger partial charge is 0.398 e. The summed E-state index contributed by atoms with van der Waals surface area (Å²) in [6, 6.07) is 6.59. The second kappa shape index (κ2) is 3.98. The molecule has 5 heteroatoms. The fourth-order valence-corrected chi connectivity index (χ4v) is 1.55. The van der Waals surface area contributed by atoms with Gasteiger partial charge in [-0.15, -0.1) is 0 Å². The van der Waals surface area contributed by atoms with E-state index in [2.05, 4.69) is 9.97 Å². The minimum absolute atomic E-state index is 0.184. The van der Waals surface area contributed by atoms with Crippen LogP contribution in [0.3, 0.4) is 0 Å². The lowest BCUT2D eigenvalue weighted by atomic mass is 10.1. The summed E-state index contributed by atoms with van der Waals surface area (Å²) in [6.45, 7) is 1.73. The third-order valence-electron chi connectivity index (χ3n) is 2.15. The lowest BCUT2D eigenvalue weighted by Crippen LogP contribution is -2.08. The second-order valence-corrected chi connectivity index (χ2v) is 3.86. The fraction of sp³-hybridized carbons (Fsp3) is 0.0909. The Morgan fingerprint density at radius 1 is 1.38 bits per heavy atom. The molecule has 16 heavy (non-hydrogen) atoms. The van der Waals surface area contributed by atoms with Gasteiger partial charge in [-0.05, 0) is 19.1 Å². The van der Waals surface area contributed by atoms with E-state index in [0.717, 1.165) is 5.56 Å². The molecule has 0 spiro atoms. The number of nitrogens with one attached hydrogen (secondary N) is 1. The molecule has 0 bridgehead atoms. The van der Waals surface area contributed by atoms with Gasteiger partial charge in [0, 0.05) is 11.6 Å². The van der Waals surface area contributed by atoms with E-state index in [1.165, 1.54) is 6.07 Å². The highest BCUT2D eigenvalue weighted by atomic mass is 35.5. The Labute approximate surface area is 97.1 Å². The van der Waals surface area contributed by atoms with Crippen molar-refractivity contribution in [3.63, 3.8) is 0 Å². The Morgan fingerprint density at radius 2 is 2.12 bits per heavy atom. The summed E-state index contributed by atoms with van der Waals surface area (Å²) in [5.74, 6) is 0.566. The van der Waals surface area contributed by atoms with Gasteiger partial charge in [0.1, 0.15) is 5.82 Å².